The molecule has 0 saturated heterocycles. The zero-order valence-electron chi connectivity index (χ0n) is 18.0. The molecule has 1 N–H and O–H groups in total. The summed E-state index contributed by atoms with van der Waals surface area (Å²) in [5, 5.41) is 3.47. The van der Waals surface area contributed by atoms with Crippen molar-refractivity contribution in [2.75, 3.05) is 24.2 Å². The van der Waals surface area contributed by atoms with E-state index in [2.05, 4.69) is 5.32 Å². The molecule has 7 nitrogen and oxygen atoms in total. The van der Waals surface area contributed by atoms with Crippen molar-refractivity contribution in [2.24, 2.45) is 0 Å². The van der Waals surface area contributed by atoms with Crippen molar-refractivity contribution in [3.8, 4) is 0 Å². The second-order valence-corrected chi connectivity index (χ2v) is 10.4. The lowest BCUT2D eigenvalue weighted by Gasteiger charge is -2.32. The lowest BCUT2D eigenvalue weighted by atomic mass is 10.1. The molecule has 0 aliphatic carbocycles. The predicted molar refractivity (Wildman–Crippen MR) is 129 cm³/mol. The van der Waals surface area contributed by atoms with Crippen LogP contribution in [0.5, 0.6) is 0 Å². The minimum atomic E-state index is -3.85. The standard InChI is InChI=1S/C21H24Cl3N3O4S/c1-13-8-9-15(22)10-19(13)27(32(4,30)31)12-20(28)26(14(2)21(29)25-3)11-16-17(23)6-5-7-18(16)24/h5-10,14H,11-12H2,1-4H3,(H,25,29)/t14-/m0/s1. The van der Waals surface area contributed by atoms with Crippen molar-refractivity contribution in [3.63, 3.8) is 0 Å². The summed E-state index contributed by atoms with van der Waals surface area (Å²) in [6.45, 7) is 2.63. The number of anilines is 1. The van der Waals surface area contributed by atoms with Gasteiger partial charge in [0.1, 0.15) is 12.6 Å². The van der Waals surface area contributed by atoms with Gasteiger partial charge in [-0.15, -0.1) is 0 Å². The van der Waals surface area contributed by atoms with Crippen LogP contribution in [0.25, 0.3) is 0 Å². The summed E-state index contributed by atoms with van der Waals surface area (Å²) in [6.07, 6.45) is 0.998. The maximum absolute atomic E-state index is 13.4. The van der Waals surface area contributed by atoms with Crippen molar-refractivity contribution >= 4 is 62.3 Å². The lowest BCUT2D eigenvalue weighted by molar-refractivity contribution is -0.139. The number of halogens is 3. The molecule has 2 aromatic rings. The van der Waals surface area contributed by atoms with Crippen molar-refractivity contribution in [3.05, 3.63) is 62.6 Å². The summed E-state index contributed by atoms with van der Waals surface area (Å²) in [4.78, 5) is 27.0. The summed E-state index contributed by atoms with van der Waals surface area (Å²) in [5.74, 6) is -1.03. The number of nitrogens with one attached hydrogen (secondary N) is 1. The van der Waals surface area contributed by atoms with Gasteiger partial charge in [0.05, 0.1) is 11.9 Å². The summed E-state index contributed by atoms with van der Waals surface area (Å²) in [7, 11) is -2.41. The average Bonchev–Trinajstić information content (AvgIpc) is 2.71. The SMILES string of the molecule is CNC(=O)[C@H](C)N(Cc1c(Cl)cccc1Cl)C(=O)CN(c1cc(Cl)ccc1C)S(C)(=O)=O. The Morgan fingerprint density at radius 1 is 1.09 bits per heavy atom. The van der Waals surface area contributed by atoms with E-state index in [4.69, 9.17) is 34.8 Å². The molecule has 174 valence electrons. The first-order valence-corrected chi connectivity index (χ1v) is 12.5. The molecule has 11 heteroatoms. The number of hydrogen-bond acceptors (Lipinski definition) is 4. The van der Waals surface area contributed by atoms with E-state index in [-0.39, 0.29) is 12.2 Å². The lowest BCUT2D eigenvalue weighted by Crippen LogP contribution is -2.50. The van der Waals surface area contributed by atoms with E-state index in [9.17, 15) is 18.0 Å². The van der Waals surface area contributed by atoms with Gasteiger partial charge in [0, 0.05) is 34.2 Å². The van der Waals surface area contributed by atoms with Crippen LogP contribution in [-0.4, -0.2) is 51.0 Å². The van der Waals surface area contributed by atoms with Crippen molar-refractivity contribution in [2.45, 2.75) is 26.4 Å². The second-order valence-electron chi connectivity index (χ2n) is 7.21. The van der Waals surface area contributed by atoms with Crippen LogP contribution < -0.4 is 9.62 Å². The van der Waals surface area contributed by atoms with Crippen LogP contribution in [-0.2, 0) is 26.2 Å². The molecule has 0 saturated carbocycles. The van der Waals surface area contributed by atoms with Crippen LogP contribution in [0.3, 0.4) is 0 Å². The number of likely N-dealkylation sites (N-methyl/N-ethyl adjacent to an activating group) is 1. The van der Waals surface area contributed by atoms with E-state index in [0.29, 0.717) is 26.2 Å². The van der Waals surface area contributed by atoms with Gasteiger partial charge < -0.3 is 10.2 Å². The topological polar surface area (TPSA) is 86.8 Å². The molecule has 0 unspecified atom stereocenters. The molecule has 0 aliphatic rings. The third-order valence-corrected chi connectivity index (χ3v) is 6.99. The van der Waals surface area contributed by atoms with Gasteiger partial charge in [0.2, 0.25) is 21.8 Å². The summed E-state index contributed by atoms with van der Waals surface area (Å²) < 4.78 is 26.1. The third-order valence-electron chi connectivity index (χ3n) is 4.92. The molecule has 0 aromatic heterocycles. The third kappa shape index (κ3) is 6.28. The van der Waals surface area contributed by atoms with E-state index in [1.165, 1.54) is 24.9 Å². The van der Waals surface area contributed by atoms with E-state index in [1.807, 2.05) is 0 Å². The maximum atomic E-state index is 13.4. The van der Waals surface area contributed by atoms with Gasteiger partial charge >= 0.3 is 0 Å². The van der Waals surface area contributed by atoms with Crippen LogP contribution in [0, 0.1) is 6.92 Å². The van der Waals surface area contributed by atoms with E-state index >= 15 is 0 Å². The first-order chi connectivity index (χ1) is 14.9. The second kappa shape index (κ2) is 10.7. The van der Waals surface area contributed by atoms with Gasteiger partial charge in [-0.05, 0) is 43.7 Å². The van der Waals surface area contributed by atoms with Gasteiger partial charge in [-0.25, -0.2) is 8.42 Å². The quantitative estimate of drug-likeness (QED) is 0.572. The number of hydrogen-bond donors (Lipinski definition) is 1. The number of nitrogens with zero attached hydrogens (tertiary/aromatic N) is 2. The molecule has 0 fully saturated rings. The molecule has 0 radical (unpaired) electrons. The maximum Gasteiger partial charge on any atom is 0.244 e. The molecule has 0 heterocycles. The predicted octanol–water partition coefficient (Wildman–Crippen LogP) is 3.88. The fourth-order valence-corrected chi connectivity index (χ4v) is 4.67. The number of benzene rings is 2. The Balaban J connectivity index is 2.49. The fraction of sp³-hybridized carbons (Fsp3) is 0.333. The normalized spacial score (nSPS) is 12.2. The zero-order chi connectivity index (χ0) is 24.2. The first-order valence-electron chi connectivity index (χ1n) is 9.54. The molecule has 1 atom stereocenters. The minimum absolute atomic E-state index is 0.0853. The van der Waals surface area contributed by atoms with Crippen molar-refractivity contribution < 1.29 is 18.0 Å². The molecular weight excluding hydrogens is 497 g/mol. The minimum Gasteiger partial charge on any atom is -0.357 e. The molecule has 2 amide bonds. The van der Waals surface area contributed by atoms with Gasteiger partial charge in [0.25, 0.3) is 0 Å². The van der Waals surface area contributed by atoms with Crippen molar-refractivity contribution in [1.29, 1.82) is 0 Å². The van der Waals surface area contributed by atoms with Gasteiger partial charge in [-0.2, -0.15) is 0 Å². The monoisotopic (exact) mass is 519 g/mol. The van der Waals surface area contributed by atoms with E-state index in [1.54, 1.807) is 37.3 Å². The van der Waals surface area contributed by atoms with Crippen LogP contribution in [0.15, 0.2) is 36.4 Å². The van der Waals surface area contributed by atoms with Crippen LogP contribution in [0.4, 0.5) is 5.69 Å². The van der Waals surface area contributed by atoms with Crippen LogP contribution in [0.1, 0.15) is 18.1 Å². The Morgan fingerprint density at radius 3 is 2.22 bits per heavy atom. The van der Waals surface area contributed by atoms with Crippen LogP contribution >= 0.6 is 34.8 Å². The number of aryl methyl sites for hydroxylation is 1. The molecule has 2 aromatic carbocycles. The summed E-state index contributed by atoms with van der Waals surface area (Å²) >= 11 is 18.6. The Morgan fingerprint density at radius 2 is 1.69 bits per heavy atom. The number of sulfonamides is 1. The highest BCUT2D eigenvalue weighted by atomic mass is 35.5. The van der Waals surface area contributed by atoms with E-state index < -0.39 is 34.4 Å². The van der Waals surface area contributed by atoms with Gasteiger partial charge in [0.15, 0.2) is 0 Å². The number of amides is 2. The smallest absolute Gasteiger partial charge is 0.244 e. The Kier molecular flexibility index (Phi) is 8.82. The molecule has 0 aliphatic heterocycles. The summed E-state index contributed by atoms with van der Waals surface area (Å²) in [5.41, 5.74) is 1.34. The average molecular weight is 521 g/mol. The number of rotatable bonds is 8. The highest BCUT2D eigenvalue weighted by Gasteiger charge is 2.31. The Hall–Kier alpha value is -2.00. The zero-order valence-corrected chi connectivity index (χ0v) is 21.1. The number of carbonyl (C=O) groups is 2. The van der Waals surface area contributed by atoms with Gasteiger partial charge in [-0.3, -0.25) is 13.9 Å². The largest absolute Gasteiger partial charge is 0.357 e. The summed E-state index contributed by atoms with van der Waals surface area (Å²) in [6, 6.07) is 8.75. The fourth-order valence-electron chi connectivity index (χ4n) is 3.09. The first kappa shape index (κ1) is 26.3. The Labute approximate surface area is 203 Å². The molecule has 2 rings (SSSR count). The molecule has 0 bridgehead atoms. The van der Waals surface area contributed by atoms with Crippen molar-refractivity contribution in [1.82, 2.24) is 10.2 Å². The van der Waals surface area contributed by atoms with E-state index in [0.717, 1.165) is 10.6 Å². The number of carbonyl (C=O) groups excluding carboxylic acids is 2. The molecule has 0 spiro atoms. The van der Waals surface area contributed by atoms with Crippen LogP contribution in [0.2, 0.25) is 15.1 Å². The Bertz CT molecular complexity index is 1110. The highest BCUT2D eigenvalue weighted by Crippen LogP contribution is 2.29. The molecular formula is C21H24Cl3N3O4S. The highest BCUT2D eigenvalue weighted by molar-refractivity contribution is 7.92. The molecule has 32 heavy (non-hydrogen) atoms. The van der Waals surface area contributed by atoms with Gasteiger partial charge in [-0.1, -0.05) is 46.9 Å².